The Labute approximate surface area is 371 Å². The zero-order valence-electron chi connectivity index (χ0n) is 39.3. The van der Waals surface area contributed by atoms with Gasteiger partial charge in [0.05, 0.1) is 0 Å². The van der Waals surface area contributed by atoms with Crippen molar-refractivity contribution in [1.29, 1.82) is 0 Å². The van der Waals surface area contributed by atoms with Crippen LogP contribution in [0.2, 0.25) is 0 Å². The number of carbonyl (C=O) groups excluding carboxylic acids is 9. The molecule has 0 spiro atoms. The second kappa shape index (κ2) is 26.3. The van der Waals surface area contributed by atoms with E-state index in [-0.39, 0.29) is 38.9 Å². The predicted molar refractivity (Wildman–Crippen MR) is 233 cm³/mol. The highest BCUT2D eigenvalue weighted by Gasteiger charge is 2.32. The summed E-state index contributed by atoms with van der Waals surface area (Å²) in [7, 11) is 0. The average molecular weight is 898 g/mol. The van der Waals surface area contributed by atoms with Crippen LogP contribution in [0, 0.1) is 0 Å². The van der Waals surface area contributed by atoms with Crippen LogP contribution in [-0.4, -0.2) is 126 Å². The van der Waals surface area contributed by atoms with Gasteiger partial charge < -0.3 is 62.1 Å². The predicted octanol–water partition coefficient (Wildman–Crippen LogP) is 2.05. The van der Waals surface area contributed by atoms with Crippen molar-refractivity contribution in [3.05, 3.63) is 0 Å². The standard InChI is InChI=1S/C42H75N9O12/c1-25-31(52)49-29(20-14-17-23-44-38(59)62-41(7,8)9)35(56)47-27(3)33(54)51-30(21-15-18-24-45-39(60)63-42(10,11)12)36(57)48-26(2)32(53)50-28(34(55)46-25)19-13-16-22-43-37(58)61-40(4,5)6/h25-30H,13-24H2,1-12H3,(H,43,58)(H,44,59)(H,45,60)(H,46,55)(H,47,56)(H,48,57)(H,49,52)(H,50,53)(H,51,54)/t25-,26-,27-,28+,29+,30+/m1/s1. The van der Waals surface area contributed by atoms with Gasteiger partial charge in [0.15, 0.2) is 0 Å². The van der Waals surface area contributed by atoms with Gasteiger partial charge in [-0.05, 0) is 141 Å². The molecule has 1 fully saturated rings. The van der Waals surface area contributed by atoms with E-state index < -0.39 is 107 Å². The molecule has 0 aromatic rings. The molecule has 6 atom stereocenters. The number of unbranched alkanes of at least 4 members (excludes halogenated alkanes) is 3. The van der Waals surface area contributed by atoms with E-state index in [1.165, 1.54) is 20.8 Å². The van der Waals surface area contributed by atoms with Crippen molar-refractivity contribution in [2.45, 2.75) is 194 Å². The number of amides is 9. The Morgan fingerprint density at radius 3 is 0.825 bits per heavy atom. The van der Waals surface area contributed by atoms with Crippen molar-refractivity contribution in [1.82, 2.24) is 47.9 Å². The van der Waals surface area contributed by atoms with Crippen LogP contribution in [0.15, 0.2) is 0 Å². The number of nitrogens with one attached hydrogen (secondary N) is 9. The molecule has 21 nitrogen and oxygen atoms in total. The van der Waals surface area contributed by atoms with Crippen LogP contribution in [0.4, 0.5) is 14.4 Å². The topological polar surface area (TPSA) is 290 Å². The summed E-state index contributed by atoms with van der Waals surface area (Å²) >= 11 is 0. The van der Waals surface area contributed by atoms with E-state index in [0.29, 0.717) is 38.5 Å². The highest BCUT2D eigenvalue weighted by molar-refractivity contribution is 5.98. The third kappa shape index (κ3) is 25.4. The fraction of sp³-hybridized carbons (Fsp3) is 0.786. The SMILES string of the molecule is C[C@H]1NC(=O)[C@H](CCCCNC(=O)OC(C)(C)C)NC(=O)[C@@H](C)NC(=O)[C@H](CCCCNC(=O)OC(C)(C)C)NC(=O)[C@@H](C)NC(=O)[C@H](CCCCNC(=O)OC(C)(C)C)NC1=O. The molecule has 0 aliphatic carbocycles. The van der Waals surface area contributed by atoms with Gasteiger partial charge in [0, 0.05) is 19.6 Å². The molecule has 0 saturated carbocycles. The van der Waals surface area contributed by atoms with Crippen LogP contribution in [-0.2, 0) is 43.0 Å². The Morgan fingerprint density at radius 1 is 0.397 bits per heavy atom. The Bertz CT molecular complexity index is 1390. The van der Waals surface area contributed by atoms with E-state index >= 15 is 0 Å². The first-order valence-electron chi connectivity index (χ1n) is 21.8. The summed E-state index contributed by atoms with van der Waals surface area (Å²) in [5.41, 5.74) is -2.09. The van der Waals surface area contributed by atoms with Gasteiger partial charge in [0.25, 0.3) is 0 Å². The fourth-order valence-corrected chi connectivity index (χ4v) is 5.77. The molecule has 9 N–H and O–H groups in total. The summed E-state index contributed by atoms with van der Waals surface area (Å²) < 4.78 is 15.7. The molecular weight excluding hydrogens is 823 g/mol. The molecule has 0 aromatic heterocycles. The molecule has 0 aromatic carbocycles. The lowest BCUT2D eigenvalue weighted by molar-refractivity contribution is -0.136. The van der Waals surface area contributed by atoms with Gasteiger partial charge >= 0.3 is 18.3 Å². The van der Waals surface area contributed by atoms with E-state index in [1.54, 1.807) is 62.3 Å². The first-order valence-corrected chi connectivity index (χ1v) is 21.8. The number of rotatable bonds is 15. The van der Waals surface area contributed by atoms with Gasteiger partial charge in [0.2, 0.25) is 35.4 Å². The third-order valence-electron chi connectivity index (χ3n) is 8.92. The molecule has 1 rings (SSSR count). The average Bonchev–Trinajstić information content (AvgIpc) is 3.12. The zero-order valence-corrected chi connectivity index (χ0v) is 39.3. The van der Waals surface area contributed by atoms with Crippen LogP contribution >= 0.6 is 0 Å². The normalized spacial score (nSPS) is 22.3. The molecule has 63 heavy (non-hydrogen) atoms. The molecule has 1 saturated heterocycles. The summed E-state index contributed by atoms with van der Waals surface area (Å²) in [6.45, 7) is 20.4. The van der Waals surface area contributed by atoms with Crippen molar-refractivity contribution in [3.63, 3.8) is 0 Å². The lowest BCUT2D eigenvalue weighted by atomic mass is 10.1. The smallest absolute Gasteiger partial charge is 0.407 e. The van der Waals surface area contributed by atoms with E-state index in [9.17, 15) is 43.2 Å². The summed E-state index contributed by atoms with van der Waals surface area (Å²) in [4.78, 5) is 118. The highest BCUT2D eigenvalue weighted by Crippen LogP contribution is 2.11. The van der Waals surface area contributed by atoms with Crippen molar-refractivity contribution in [2.24, 2.45) is 0 Å². The fourth-order valence-electron chi connectivity index (χ4n) is 5.77. The Morgan fingerprint density at radius 2 is 0.619 bits per heavy atom. The summed E-state index contributed by atoms with van der Waals surface area (Å²) in [6, 6.07) is -7.11. The number of hydrogen-bond acceptors (Lipinski definition) is 12. The molecule has 0 radical (unpaired) electrons. The van der Waals surface area contributed by atoms with Crippen molar-refractivity contribution in [2.75, 3.05) is 19.6 Å². The van der Waals surface area contributed by atoms with Crippen molar-refractivity contribution in [3.8, 4) is 0 Å². The summed E-state index contributed by atoms with van der Waals surface area (Å²) in [5, 5.41) is 23.6. The van der Waals surface area contributed by atoms with Crippen LogP contribution in [0.1, 0.15) is 141 Å². The largest absolute Gasteiger partial charge is 0.444 e. The van der Waals surface area contributed by atoms with Crippen LogP contribution in [0.5, 0.6) is 0 Å². The minimum Gasteiger partial charge on any atom is -0.444 e. The molecule has 9 amide bonds. The maximum Gasteiger partial charge on any atom is 0.407 e. The molecule has 1 aliphatic rings. The number of carbonyl (C=O) groups is 9. The Hall–Kier alpha value is -5.37. The lowest BCUT2D eigenvalue weighted by Crippen LogP contribution is -2.60. The molecule has 0 bridgehead atoms. The lowest BCUT2D eigenvalue weighted by Gasteiger charge is -2.27. The van der Waals surface area contributed by atoms with Gasteiger partial charge in [-0.1, -0.05) is 0 Å². The summed E-state index contributed by atoms with van der Waals surface area (Å²) in [6.07, 6.45) is 0.645. The zero-order chi connectivity index (χ0) is 48.1. The van der Waals surface area contributed by atoms with E-state index in [0.717, 1.165) is 0 Å². The van der Waals surface area contributed by atoms with Gasteiger partial charge in [-0.25, -0.2) is 14.4 Å². The maximum absolute atomic E-state index is 13.7. The first-order chi connectivity index (χ1) is 29.1. The minimum absolute atomic E-state index is 0.0822. The van der Waals surface area contributed by atoms with E-state index in [4.69, 9.17) is 14.2 Å². The number of alkyl carbamates (subject to hydrolysis) is 3. The second-order valence-electron chi connectivity index (χ2n) is 18.6. The molecule has 21 heteroatoms. The molecule has 360 valence electrons. The molecule has 1 heterocycles. The van der Waals surface area contributed by atoms with Crippen molar-refractivity contribution < 1.29 is 57.4 Å². The van der Waals surface area contributed by atoms with Gasteiger partial charge in [-0.15, -0.1) is 0 Å². The van der Waals surface area contributed by atoms with Crippen molar-refractivity contribution >= 4 is 53.7 Å². The van der Waals surface area contributed by atoms with E-state index in [1.807, 2.05) is 0 Å². The van der Waals surface area contributed by atoms with Crippen LogP contribution in [0.25, 0.3) is 0 Å². The van der Waals surface area contributed by atoms with Gasteiger partial charge in [-0.3, -0.25) is 28.8 Å². The van der Waals surface area contributed by atoms with Crippen LogP contribution in [0.3, 0.4) is 0 Å². The summed E-state index contributed by atoms with van der Waals surface area (Å²) in [5.74, 6) is -4.29. The third-order valence-corrected chi connectivity index (χ3v) is 8.92. The molecule has 0 unspecified atom stereocenters. The van der Waals surface area contributed by atoms with E-state index in [2.05, 4.69) is 47.9 Å². The molecular formula is C42H75N9O12. The Kier molecular flexibility index (Phi) is 23.2. The number of hydrogen-bond donors (Lipinski definition) is 9. The van der Waals surface area contributed by atoms with Gasteiger partial charge in [-0.2, -0.15) is 0 Å². The monoisotopic (exact) mass is 898 g/mol. The van der Waals surface area contributed by atoms with Crippen LogP contribution < -0.4 is 47.9 Å². The second-order valence-corrected chi connectivity index (χ2v) is 18.6. The number of ether oxygens (including phenoxy) is 3. The Balaban J connectivity index is 3.31. The maximum atomic E-state index is 13.7. The highest BCUT2D eigenvalue weighted by atomic mass is 16.6. The first kappa shape index (κ1) is 55.6. The quantitative estimate of drug-likeness (QED) is 0.0844. The molecule has 1 aliphatic heterocycles. The van der Waals surface area contributed by atoms with Gasteiger partial charge in [0.1, 0.15) is 53.1 Å². The minimum atomic E-state index is -1.19.